The first kappa shape index (κ1) is 17.1. The van der Waals surface area contributed by atoms with E-state index < -0.39 is 0 Å². The summed E-state index contributed by atoms with van der Waals surface area (Å²) in [6, 6.07) is 9.75. The second-order valence-corrected chi connectivity index (χ2v) is 4.95. The molecule has 114 valence electrons. The summed E-state index contributed by atoms with van der Waals surface area (Å²) in [6.07, 6.45) is 6.17. The van der Waals surface area contributed by atoms with Crippen LogP contribution in [0, 0.1) is 0 Å². The number of hydrogen-bond acceptors (Lipinski definition) is 3. The van der Waals surface area contributed by atoms with Crippen molar-refractivity contribution in [3.05, 3.63) is 48.0 Å². The molecule has 0 aliphatic rings. The van der Waals surface area contributed by atoms with Gasteiger partial charge in [0.1, 0.15) is 12.9 Å². The third kappa shape index (κ3) is 8.05. The number of hydroxylamine groups is 2. The number of amides is 1. The van der Waals surface area contributed by atoms with Crippen LogP contribution in [-0.4, -0.2) is 24.3 Å². The number of carbonyl (C=O) groups excluding carboxylic acids is 2. The number of aldehydes is 1. The topological polar surface area (TPSA) is 46.6 Å². The Balaban J connectivity index is 2.10. The normalized spacial score (nSPS) is 10.1. The van der Waals surface area contributed by atoms with E-state index in [9.17, 15) is 9.59 Å². The smallest absolute Gasteiger partial charge is 0.233 e. The summed E-state index contributed by atoms with van der Waals surface area (Å²) in [5, 5.41) is 1.34. The van der Waals surface area contributed by atoms with E-state index in [0.717, 1.165) is 50.4 Å². The van der Waals surface area contributed by atoms with Crippen LogP contribution < -0.4 is 0 Å². The number of rotatable bonds is 12. The standard InChI is InChI=1S/C17H23NO3/c1-16(13-19)9-5-2-3-8-12-18(15-20)21-14-17-10-6-4-7-11-17/h4,6-7,10-11,13,15H,1-3,5,8-9,12,14H2. The molecule has 0 N–H and O–H groups in total. The minimum Gasteiger partial charge on any atom is -0.298 e. The second kappa shape index (κ2) is 10.8. The van der Waals surface area contributed by atoms with Gasteiger partial charge in [-0.3, -0.25) is 14.4 Å². The third-order valence-electron chi connectivity index (χ3n) is 3.15. The Hall–Kier alpha value is -1.94. The molecule has 1 amide bonds. The molecule has 4 heteroatoms. The van der Waals surface area contributed by atoms with Crippen molar-refractivity contribution in [1.82, 2.24) is 5.06 Å². The highest BCUT2D eigenvalue weighted by Crippen LogP contribution is 2.08. The van der Waals surface area contributed by atoms with Crippen molar-refractivity contribution in [2.45, 2.75) is 38.7 Å². The molecule has 21 heavy (non-hydrogen) atoms. The highest BCUT2D eigenvalue weighted by molar-refractivity contribution is 5.71. The van der Waals surface area contributed by atoms with Crippen LogP contribution in [0.1, 0.15) is 37.7 Å². The van der Waals surface area contributed by atoms with Gasteiger partial charge in [-0.1, -0.05) is 49.8 Å². The zero-order chi connectivity index (χ0) is 15.3. The predicted molar refractivity (Wildman–Crippen MR) is 82.3 cm³/mol. The fraction of sp³-hybridized carbons (Fsp3) is 0.412. The number of unbranched alkanes of at least 4 members (excludes halogenated alkanes) is 3. The van der Waals surface area contributed by atoms with E-state index in [1.54, 1.807) is 0 Å². The average molecular weight is 289 g/mol. The number of benzene rings is 1. The Labute approximate surface area is 126 Å². The molecular formula is C17H23NO3. The first-order chi connectivity index (χ1) is 10.3. The molecule has 0 saturated heterocycles. The minimum absolute atomic E-state index is 0.402. The van der Waals surface area contributed by atoms with E-state index in [1.807, 2.05) is 30.3 Å². The zero-order valence-electron chi connectivity index (χ0n) is 12.4. The van der Waals surface area contributed by atoms with Crippen molar-refractivity contribution in [2.75, 3.05) is 6.54 Å². The highest BCUT2D eigenvalue weighted by Gasteiger charge is 2.02. The maximum atomic E-state index is 10.9. The predicted octanol–water partition coefficient (Wildman–Crippen LogP) is 3.28. The van der Waals surface area contributed by atoms with Crippen LogP contribution >= 0.6 is 0 Å². The number of carbonyl (C=O) groups is 2. The van der Waals surface area contributed by atoms with E-state index in [1.165, 1.54) is 5.06 Å². The molecule has 0 radical (unpaired) electrons. The molecule has 0 spiro atoms. The van der Waals surface area contributed by atoms with Crippen LogP contribution in [0.5, 0.6) is 0 Å². The Kier molecular flexibility index (Phi) is 8.80. The summed E-state index contributed by atoms with van der Waals surface area (Å²) in [7, 11) is 0. The summed E-state index contributed by atoms with van der Waals surface area (Å²) in [4.78, 5) is 26.7. The summed E-state index contributed by atoms with van der Waals surface area (Å²) in [5.41, 5.74) is 1.69. The molecule has 0 bridgehead atoms. The Bertz CT molecular complexity index is 431. The van der Waals surface area contributed by atoms with Crippen molar-refractivity contribution in [3.63, 3.8) is 0 Å². The van der Waals surface area contributed by atoms with E-state index in [2.05, 4.69) is 6.58 Å². The maximum Gasteiger partial charge on any atom is 0.233 e. The van der Waals surface area contributed by atoms with Gasteiger partial charge >= 0.3 is 0 Å². The molecule has 4 nitrogen and oxygen atoms in total. The number of nitrogens with zero attached hydrogens (tertiary/aromatic N) is 1. The van der Waals surface area contributed by atoms with Gasteiger partial charge in [0, 0.05) is 6.54 Å². The van der Waals surface area contributed by atoms with Crippen LogP contribution in [0.4, 0.5) is 0 Å². The molecule has 0 aliphatic heterocycles. The van der Waals surface area contributed by atoms with Gasteiger partial charge in [0.2, 0.25) is 6.41 Å². The van der Waals surface area contributed by atoms with Crippen LogP contribution in [-0.2, 0) is 21.0 Å². The molecule has 1 rings (SSSR count). The van der Waals surface area contributed by atoms with Gasteiger partial charge < -0.3 is 0 Å². The van der Waals surface area contributed by atoms with Crippen LogP contribution in [0.25, 0.3) is 0 Å². The lowest BCUT2D eigenvalue weighted by Gasteiger charge is -2.16. The first-order valence-electron chi connectivity index (χ1n) is 7.28. The van der Waals surface area contributed by atoms with Crippen LogP contribution in [0.15, 0.2) is 42.5 Å². The van der Waals surface area contributed by atoms with Crippen molar-refractivity contribution >= 4 is 12.7 Å². The Morgan fingerprint density at radius 1 is 1.10 bits per heavy atom. The van der Waals surface area contributed by atoms with Crippen LogP contribution in [0.3, 0.4) is 0 Å². The van der Waals surface area contributed by atoms with E-state index in [0.29, 0.717) is 18.7 Å². The molecule has 0 aromatic heterocycles. The van der Waals surface area contributed by atoms with Crippen molar-refractivity contribution in [3.8, 4) is 0 Å². The lowest BCUT2D eigenvalue weighted by atomic mass is 10.1. The average Bonchev–Trinajstić information content (AvgIpc) is 2.54. The first-order valence-corrected chi connectivity index (χ1v) is 7.28. The van der Waals surface area contributed by atoms with Gasteiger partial charge in [-0.15, -0.1) is 0 Å². The summed E-state index contributed by atoms with van der Waals surface area (Å²) < 4.78 is 0. The number of allylic oxidation sites excluding steroid dienone is 1. The molecule has 0 atom stereocenters. The van der Waals surface area contributed by atoms with Gasteiger partial charge in [-0.2, -0.15) is 0 Å². The lowest BCUT2D eigenvalue weighted by Crippen LogP contribution is -2.23. The summed E-state index contributed by atoms with van der Waals surface area (Å²) in [5.74, 6) is 0. The van der Waals surface area contributed by atoms with Crippen molar-refractivity contribution in [1.29, 1.82) is 0 Å². The van der Waals surface area contributed by atoms with Gasteiger partial charge in [0.15, 0.2) is 0 Å². The van der Waals surface area contributed by atoms with Crippen LogP contribution in [0.2, 0.25) is 0 Å². The molecule has 0 saturated carbocycles. The molecule has 0 unspecified atom stereocenters. The Morgan fingerprint density at radius 2 is 1.81 bits per heavy atom. The molecule has 0 fully saturated rings. The number of hydrogen-bond donors (Lipinski definition) is 0. The largest absolute Gasteiger partial charge is 0.298 e. The monoisotopic (exact) mass is 289 g/mol. The second-order valence-electron chi connectivity index (χ2n) is 4.95. The molecule has 1 aromatic carbocycles. The quantitative estimate of drug-likeness (QED) is 0.257. The lowest BCUT2D eigenvalue weighted by molar-refractivity contribution is -0.177. The van der Waals surface area contributed by atoms with E-state index in [-0.39, 0.29) is 0 Å². The van der Waals surface area contributed by atoms with E-state index in [4.69, 9.17) is 4.84 Å². The van der Waals surface area contributed by atoms with Crippen molar-refractivity contribution in [2.24, 2.45) is 0 Å². The SMILES string of the molecule is C=C(C=O)CCCCCCN(C=O)OCc1ccccc1. The third-order valence-corrected chi connectivity index (χ3v) is 3.15. The molecule has 1 aromatic rings. The highest BCUT2D eigenvalue weighted by atomic mass is 16.7. The minimum atomic E-state index is 0.402. The van der Waals surface area contributed by atoms with Gasteiger partial charge in [-0.25, -0.2) is 5.06 Å². The van der Waals surface area contributed by atoms with Crippen molar-refractivity contribution < 1.29 is 14.4 Å². The van der Waals surface area contributed by atoms with Gasteiger partial charge in [0.05, 0.1) is 0 Å². The van der Waals surface area contributed by atoms with Gasteiger partial charge in [-0.05, 0) is 30.4 Å². The molecular weight excluding hydrogens is 266 g/mol. The fourth-order valence-electron chi connectivity index (χ4n) is 1.91. The fourth-order valence-corrected chi connectivity index (χ4v) is 1.91. The summed E-state index contributed by atoms with van der Waals surface area (Å²) in [6.45, 7) is 4.63. The zero-order valence-corrected chi connectivity index (χ0v) is 12.4. The molecule has 0 aliphatic carbocycles. The Morgan fingerprint density at radius 3 is 2.48 bits per heavy atom. The summed E-state index contributed by atoms with van der Waals surface area (Å²) >= 11 is 0. The maximum absolute atomic E-state index is 10.9. The molecule has 0 heterocycles. The van der Waals surface area contributed by atoms with E-state index >= 15 is 0 Å². The van der Waals surface area contributed by atoms with Gasteiger partial charge in [0.25, 0.3) is 0 Å².